The predicted molar refractivity (Wildman–Crippen MR) is 154 cm³/mol. The monoisotopic (exact) mass is 522 g/mol. The van der Waals surface area contributed by atoms with Gasteiger partial charge in [0.05, 0.1) is 0 Å². The minimum atomic E-state index is -0.909. The Bertz CT molecular complexity index is 1500. The third kappa shape index (κ3) is 6.62. The number of nitrogens with one attached hydrogen (secondary N) is 3. The number of nitrogens with two attached hydrogens (primary N) is 1. The number of hydrogen-bond acceptors (Lipinski definition) is 4. The van der Waals surface area contributed by atoms with Crippen molar-refractivity contribution in [2.24, 2.45) is 11.7 Å². The summed E-state index contributed by atoms with van der Waals surface area (Å²) in [5.41, 5.74) is 7.54. The average molecular weight is 523 g/mol. The summed E-state index contributed by atoms with van der Waals surface area (Å²) in [4.78, 5) is 39.2. The van der Waals surface area contributed by atoms with Crippen LogP contribution in [0.1, 0.15) is 24.0 Å². The third-order valence-corrected chi connectivity index (χ3v) is 7.51. The number of piperidine rings is 1. The van der Waals surface area contributed by atoms with Crippen LogP contribution >= 0.6 is 0 Å². The first kappa shape index (κ1) is 26.4. The van der Waals surface area contributed by atoms with Crippen molar-refractivity contribution in [1.29, 1.82) is 0 Å². The average Bonchev–Trinajstić information content (AvgIpc) is 2.96. The van der Waals surface area contributed by atoms with Crippen molar-refractivity contribution in [2.75, 3.05) is 13.1 Å². The van der Waals surface area contributed by atoms with Crippen LogP contribution in [-0.4, -0.2) is 42.9 Å². The first-order valence-electron chi connectivity index (χ1n) is 13.5. The molecule has 1 fully saturated rings. The van der Waals surface area contributed by atoms with Gasteiger partial charge in [-0.05, 0) is 58.6 Å². The summed E-state index contributed by atoms with van der Waals surface area (Å²) in [5, 5.41) is 13.4. The van der Waals surface area contributed by atoms with Gasteiger partial charge < -0.3 is 21.7 Å². The highest BCUT2D eigenvalue weighted by molar-refractivity contribution is 5.93. The van der Waals surface area contributed by atoms with Crippen LogP contribution in [0.4, 0.5) is 0 Å². The lowest BCUT2D eigenvalue weighted by molar-refractivity contribution is -0.133. The summed E-state index contributed by atoms with van der Waals surface area (Å²) in [7, 11) is 0. The molecule has 0 bridgehead atoms. The Hall–Kier alpha value is -4.23. The maximum atomic E-state index is 13.6. The molecule has 1 aliphatic heterocycles. The topological polar surface area (TPSA) is 113 Å². The number of hydrogen-bond donors (Lipinski definition) is 4. The molecule has 4 aromatic rings. The van der Waals surface area contributed by atoms with Gasteiger partial charge in [-0.15, -0.1) is 0 Å². The highest BCUT2D eigenvalue weighted by atomic mass is 16.2. The van der Waals surface area contributed by atoms with E-state index >= 15 is 0 Å². The SMILES string of the molecule is NC(=O)C(Cc1ccc2ccccc2c1)NC(=O)C(Cc1ccc2ccccc2c1)NC(=O)C1CCNCC1. The molecule has 2 atom stereocenters. The first-order chi connectivity index (χ1) is 19.0. The van der Waals surface area contributed by atoms with Gasteiger partial charge in [0.1, 0.15) is 12.1 Å². The molecule has 5 N–H and O–H groups in total. The zero-order valence-electron chi connectivity index (χ0n) is 21.9. The van der Waals surface area contributed by atoms with E-state index in [2.05, 4.69) is 16.0 Å². The highest BCUT2D eigenvalue weighted by Crippen LogP contribution is 2.19. The van der Waals surface area contributed by atoms with Crippen molar-refractivity contribution in [1.82, 2.24) is 16.0 Å². The summed E-state index contributed by atoms with van der Waals surface area (Å²) in [6, 6.07) is 26.2. The van der Waals surface area contributed by atoms with Gasteiger partial charge in [-0.3, -0.25) is 14.4 Å². The quantitative estimate of drug-likeness (QED) is 0.270. The van der Waals surface area contributed by atoms with Crippen LogP contribution in [0.2, 0.25) is 0 Å². The molecule has 0 spiro atoms. The van der Waals surface area contributed by atoms with Crippen molar-refractivity contribution < 1.29 is 14.4 Å². The maximum absolute atomic E-state index is 13.6. The Labute approximate surface area is 228 Å². The van der Waals surface area contributed by atoms with Gasteiger partial charge >= 0.3 is 0 Å². The molecule has 1 saturated heterocycles. The number of benzene rings is 4. The van der Waals surface area contributed by atoms with E-state index < -0.39 is 23.9 Å². The largest absolute Gasteiger partial charge is 0.368 e. The summed E-state index contributed by atoms with van der Waals surface area (Å²) >= 11 is 0. The summed E-state index contributed by atoms with van der Waals surface area (Å²) in [5.74, 6) is -1.33. The summed E-state index contributed by atoms with van der Waals surface area (Å²) in [6.07, 6.45) is 2.01. The Kier molecular flexibility index (Phi) is 8.18. The molecule has 1 aliphatic rings. The van der Waals surface area contributed by atoms with Gasteiger partial charge in [0.25, 0.3) is 0 Å². The second kappa shape index (κ2) is 12.1. The lowest BCUT2D eigenvalue weighted by atomic mass is 9.95. The number of carbonyl (C=O) groups is 3. The van der Waals surface area contributed by atoms with Gasteiger partial charge in [0, 0.05) is 18.8 Å². The van der Waals surface area contributed by atoms with Crippen molar-refractivity contribution in [3.63, 3.8) is 0 Å². The Balaban J connectivity index is 1.35. The van der Waals surface area contributed by atoms with Crippen LogP contribution in [0.3, 0.4) is 0 Å². The molecular formula is C32H34N4O3. The fourth-order valence-electron chi connectivity index (χ4n) is 5.28. The van der Waals surface area contributed by atoms with Gasteiger partial charge in [0.15, 0.2) is 0 Å². The van der Waals surface area contributed by atoms with Crippen LogP contribution in [0.25, 0.3) is 21.5 Å². The minimum absolute atomic E-state index is 0.136. The second-order valence-corrected chi connectivity index (χ2v) is 10.3. The number of rotatable bonds is 9. The maximum Gasteiger partial charge on any atom is 0.243 e. The Morgan fingerprint density at radius 2 is 1.23 bits per heavy atom. The second-order valence-electron chi connectivity index (χ2n) is 10.3. The lowest BCUT2D eigenvalue weighted by Gasteiger charge is -2.26. The van der Waals surface area contributed by atoms with Gasteiger partial charge in [-0.2, -0.15) is 0 Å². The molecule has 0 saturated carbocycles. The Morgan fingerprint density at radius 3 is 1.77 bits per heavy atom. The fraction of sp³-hybridized carbons (Fsp3) is 0.281. The van der Waals surface area contributed by atoms with Gasteiger partial charge in [0.2, 0.25) is 17.7 Å². The minimum Gasteiger partial charge on any atom is -0.368 e. The van der Waals surface area contributed by atoms with Crippen LogP contribution in [-0.2, 0) is 27.2 Å². The molecule has 2 unspecified atom stereocenters. The fourth-order valence-corrected chi connectivity index (χ4v) is 5.28. The zero-order chi connectivity index (χ0) is 27.2. The van der Waals surface area contributed by atoms with E-state index in [0.717, 1.165) is 58.6 Å². The smallest absolute Gasteiger partial charge is 0.243 e. The number of amides is 3. The number of primary amides is 1. The third-order valence-electron chi connectivity index (χ3n) is 7.51. The molecule has 7 nitrogen and oxygen atoms in total. The van der Waals surface area contributed by atoms with Crippen molar-refractivity contribution in [3.05, 3.63) is 96.1 Å². The molecule has 5 rings (SSSR count). The molecule has 0 aliphatic carbocycles. The predicted octanol–water partition coefficient (Wildman–Crippen LogP) is 3.23. The number of fused-ring (bicyclic) bond motifs is 2. The molecular weight excluding hydrogens is 488 g/mol. The van der Waals surface area contributed by atoms with Crippen LogP contribution < -0.4 is 21.7 Å². The van der Waals surface area contributed by atoms with Crippen LogP contribution in [0.15, 0.2) is 84.9 Å². The van der Waals surface area contributed by atoms with E-state index in [1.54, 1.807) is 0 Å². The van der Waals surface area contributed by atoms with E-state index in [9.17, 15) is 14.4 Å². The highest BCUT2D eigenvalue weighted by Gasteiger charge is 2.29. The normalized spacial score (nSPS) is 15.5. The first-order valence-corrected chi connectivity index (χ1v) is 13.5. The Morgan fingerprint density at radius 1 is 0.718 bits per heavy atom. The van der Waals surface area contributed by atoms with Crippen LogP contribution in [0.5, 0.6) is 0 Å². The van der Waals surface area contributed by atoms with E-state index in [4.69, 9.17) is 5.73 Å². The van der Waals surface area contributed by atoms with E-state index in [1.807, 2.05) is 84.9 Å². The van der Waals surface area contributed by atoms with Gasteiger partial charge in [-0.1, -0.05) is 84.9 Å². The van der Waals surface area contributed by atoms with Crippen LogP contribution in [0, 0.1) is 5.92 Å². The van der Waals surface area contributed by atoms with Gasteiger partial charge in [-0.25, -0.2) is 0 Å². The molecule has 4 aromatic carbocycles. The molecule has 39 heavy (non-hydrogen) atoms. The summed E-state index contributed by atoms with van der Waals surface area (Å²) in [6.45, 7) is 1.55. The molecule has 0 aromatic heterocycles. The standard InChI is InChI=1S/C32H34N4O3/c33-30(37)28(19-21-9-11-23-5-1-3-7-26(23)17-21)35-32(39)29(36-31(38)25-13-15-34-16-14-25)20-22-10-12-24-6-2-4-8-27(24)18-22/h1-12,17-18,25,28-29,34H,13-16,19-20H2,(H2,33,37)(H,35,39)(H,36,38). The lowest BCUT2D eigenvalue weighted by Crippen LogP contribution is -2.55. The molecule has 0 radical (unpaired) electrons. The summed E-state index contributed by atoms with van der Waals surface area (Å²) < 4.78 is 0. The van der Waals surface area contributed by atoms with Crippen molar-refractivity contribution in [3.8, 4) is 0 Å². The zero-order valence-corrected chi connectivity index (χ0v) is 21.9. The molecule has 1 heterocycles. The van der Waals surface area contributed by atoms with E-state index in [1.165, 1.54) is 0 Å². The van der Waals surface area contributed by atoms with E-state index in [0.29, 0.717) is 6.42 Å². The van der Waals surface area contributed by atoms with Crippen molar-refractivity contribution in [2.45, 2.75) is 37.8 Å². The molecule has 200 valence electrons. The molecule has 7 heteroatoms. The van der Waals surface area contributed by atoms with Crippen molar-refractivity contribution >= 4 is 39.3 Å². The molecule has 3 amide bonds. The number of carbonyl (C=O) groups excluding carboxylic acids is 3. The van der Waals surface area contributed by atoms with E-state index in [-0.39, 0.29) is 18.2 Å².